The maximum Gasteiger partial charge on any atom is 0.160 e. The number of anilines is 2. The second-order valence-electron chi connectivity index (χ2n) is 7.98. The first kappa shape index (κ1) is 20.6. The number of fused-ring (bicyclic) bond motifs is 2. The number of H-pyrrole nitrogens is 1. The van der Waals surface area contributed by atoms with Crippen molar-refractivity contribution in [3.63, 3.8) is 0 Å². The molecule has 3 aromatic rings. The zero-order chi connectivity index (χ0) is 22.5. The summed E-state index contributed by atoms with van der Waals surface area (Å²) in [5.74, 6) is 4.39. The van der Waals surface area contributed by atoms with Gasteiger partial charge >= 0.3 is 0 Å². The van der Waals surface area contributed by atoms with Gasteiger partial charge in [-0.15, -0.1) is 5.92 Å². The first-order valence-corrected chi connectivity index (χ1v) is 10.0. The minimum Gasteiger partial charge on any atom is -0.371 e. The van der Waals surface area contributed by atoms with Crippen LogP contribution in [0.5, 0.6) is 0 Å². The lowest BCUT2D eigenvalue weighted by Crippen LogP contribution is -2.55. The van der Waals surface area contributed by atoms with Crippen molar-refractivity contribution in [1.29, 1.82) is 10.8 Å². The van der Waals surface area contributed by atoms with E-state index in [2.05, 4.69) is 22.1 Å². The van der Waals surface area contributed by atoms with Crippen molar-refractivity contribution in [3.8, 4) is 23.0 Å². The molecule has 158 valence electrons. The van der Waals surface area contributed by atoms with Gasteiger partial charge in [0.1, 0.15) is 23.2 Å². The molecule has 31 heavy (non-hydrogen) atoms. The van der Waals surface area contributed by atoms with E-state index in [0.29, 0.717) is 17.5 Å². The van der Waals surface area contributed by atoms with Crippen LogP contribution in [0.15, 0.2) is 30.5 Å². The number of hydrogen-bond acceptors (Lipinski definition) is 3. The molecule has 1 aromatic heterocycles. The smallest absolute Gasteiger partial charge is 0.160 e. The quantitative estimate of drug-likeness (QED) is 0.238. The first-order chi connectivity index (χ1) is 14.7. The van der Waals surface area contributed by atoms with E-state index in [4.69, 9.17) is 10.8 Å². The Bertz CT molecular complexity index is 1310. The van der Waals surface area contributed by atoms with Crippen molar-refractivity contribution >= 4 is 33.9 Å². The van der Waals surface area contributed by atoms with Crippen LogP contribution in [-0.2, 0) is 0 Å². The van der Waals surface area contributed by atoms with Crippen LogP contribution in [0.1, 0.15) is 39.7 Å². The highest BCUT2D eigenvalue weighted by Gasteiger charge is 2.40. The lowest BCUT2D eigenvalue weighted by molar-refractivity contribution is 0.587. The average molecular weight is 419 g/mol. The van der Waals surface area contributed by atoms with Crippen molar-refractivity contribution in [2.24, 2.45) is 0 Å². The summed E-state index contributed by atoms with van der Waals surface area (Å²) in [6, 6.07) is 6.48. The molecular weight excluding hydrogens is 396 g/mol. The fourth-order valence-electron chi connectivity index (χ4n) is 3.99. The number of nitrogens with one attached hydrogen (secondary N) is 4. The predicted molar refractivity (Wildman–Crippen MR) is 122 cm³/mol. The molecule has 0 spiro atoms. The number of benzene rings is 2. The largest absolute Gasteiger partial charge is 0.371 e. The highest BCUT2D eigenvalue weighted by molar-refractivity contribution is 6.24. The number of para-hydroxylation sites is 1. The van der Waals surface area contributed by atoms with Crippen molar-refractivity contribution in [2.45, 2.75) is 39.7 Å². The molecular formula is C24H23F2N5. The monoisotopic (exact) mass is 419 g/mol. The van der Waals surface area contributed by atoms with Crippen molar-refractivity contribution in [1.82, 2.24) is 4.98 Å². The van der Waals surface area contributed by atoms with E-state index < -0.39 is 17.2 Å². The Balaban J connectivity index is 2.03. The Morgan fingerprint density at radius 3 is 2.68 bits per heavy atom. The molecule has 0 saturated carbocycles. The fraction of sp³-hybridized carbons (Fsp3) is 0.250. The molecule has 1 aliphatic heterocycles. The van der Waals surface area contributed by atoms with Crippen LogP contribution >= 0.6 is 0 Å². The molecule has 7 heteroatoms. The summed E-state index contributed by atoms with van der Waals surface area (Å²) in [7, 11) is 0. The Labute approximate surface area is 179 Å². The Hall–Kier alpha value is -3.66. The topological polar surface area (TPSA) is 78.8 Å². The summed E-state index contributed by atoms with van der Waals surface area (Å²) < 4.78 is 31.3. The number of rotatable bonds is 2. The fourth-order valence-corrected chi connectivity index (χ4v) is 3.99. The number of nitrogens with zero attached hydrogens (tertiary/aromatic N) is 1. The maximum atomic E-state index is 16.0. The molecule has 4 N–H and O–H groups in total. The zero-order valence-corrected chi connectivity index (χ0v) is 17.8. The second kappa shape index (κ2) is 7.24. The van der Waals surface area contributed by atoms with Gasteiger partial charge in [-0.3, -0.25) is 15.7 Å². The number of aromatic amines is 1. The summed E-state index contributed by atoms with van der Waals surface area (Å²) in [6.45, 7) is 6.98. The summed E-state index contributed by atoms with van der Waals surface area (Å²) in [4.78, 5) is 4.36. The molecule has 2 aromatic carbocycles. The average Bonchev–Trinajstić information content (AvgIpc) is 3.13. The van der Waals surface area contributed by atoms with Crippen molar-refractivity contribution in [3.05, 3.63) is 47.7 Å². The molecule has 4 rings (SSSR count). The number of amidine groups is 2. The van der Waals surface area contributed by atoms with Gasteiger partial charge in [0.15, 0.2) is 5.82 Å². The third-order valence-electron chi connectivity index (χ3n) is 5.53. The minimum atomic E-state index is -0.887. The van der Waals surface area contributed by atoms with E-state index in [1.165, 1.54) is 11.0 Å². The van der Waals surface area contributed by atoms with Crippen LogP contribution in [0, 0.1) is 34.3 Å². The summed E-state index contributed by atoms with van der Waals surface area (Å²) in [5.41, 5.74) is 0.803. The lowest BCUT2D eigenvalue weighted by Gasteiger charge is -2.42. The van der Waals surface area contributed by atoms with Crippen LogP contribution in [0.4, 0.5) is 20.2 Å². The standard InChI is InChI=1S/C24H23F2N5/c1-5-8-13-12-29-21-14(13)9-7-10-15(21)19-16(25)11-17-22(20(19)26)31(18(27)6-2)23(28)24(3,4)30-17/h7,9-12,27-30H,6H2,1-4H3. The molecule has 0 aliphatic carbocycles. The Morgan fingerprint density at radius 1 is 1.26 bits per heavy atom. The lowest BCUT2D eigenvalue weighted by atomic mass is 9.93. The van der Waals surface area contributed by atoms with Crippen LogP contribution in [0.3, 0.4) is 0 Å². The number of halogens is 2. The van der Waals surface area contributed by atoms with Crippen LogP contribution in [0.25, 0.3) is 22.0 Å². The Morgan fingerprint density at radius 2 is 2.00 bits per heavy atom. The van der Waals surface area contributed by atoms with Gasteiger partial charge in [-0.25, -0.2) is 8.78 Å². The molecule has 5 nitrogen and oxygen atoms in total. The van der Waals surface area contributed by atoms with E-state index in [9.17, 15) is 0 Å². The highest BCUT2D eigenvalue weighted by Crippen LogP contribution is 2.44. The summed E-state index contributed by atoms with van der Waals surface area (Å²) in [5, 5.41) is 20.7. The van der Waals surface area contributed by atoms with E-state index in [1.54, 1.807) is 46.0 Å². The van der Waals surface area contributed by atoms with Crippen molar-refractivity contribution < 1.29 is 8.78 Å². The third kappa shape index (κ3) is 3.07. The van der Waals surface area contributed by atoms with Gasteiger partial charge in [0.25, 0.3) is 0 Å². The molecule has 2 heterocycles. The van der Waals surface area contributed by atoms with Gasteiger partial charge in [-0.2, -0.15) is 0 Å². The molecule has 0 fully saturated rings. The van der Waals surface area contributed by atoms with Crippen molar-refractivity contribution in [2.75, 3.05) is 10.2 Å². The SMILES string of the molecule is CC#Cc1c[nH]c2c(-c3c(F)cc4c(c3F)N(C(=N)CC)C(=N)C(C)(C)N4)cccc12. The van der Waals surface area contributed by atoms with E-state index in [1.807, 2.05) is 6.07 Å². The second-order valence-corrected chi connectivity index (χ2v) is 7.98. The number of aromatic nitrogens is 1. The minimum absolute atomic E-state index is 0.00953. The molecule has 0 unspecified atom stereocenters. The van der Waals surface area contributed by atoms with Gasteiger partial charge in [-0.1, -0.05) is 31.0 Å². The van der Waals surface area contributed by atoms with Crippen LogP contribution in [0.2, 0.25) is 0 Å². The summed E-state index contributed by atoms with van der Waals surface area (Å²) >= 11 is 0. The van der Waals surface area contributed by atoms with E-state index >= 15 is 8.78 Å². The Kier molecular flexibility index (Phi) is 4.81. The maximum absolute atomic E-state index is 16.0. The predicted octanol–water partition coefficient (Wildman–Crippen LogP) is 5.86. The third-order valence-corrected chi connectivity index (χ3v) is 5.53. The van der Waals surface area contributed by atoms with Gasteiger partial charge in [0, 0.05) is 35.2 Å². The summed E-state index contributed by atoms with van der Waals surface area (Å²) in [6.07, 6.45) is 2.02. The number of hydrogen-bond donors (Lipinski definition) is 4. The molecule has 0 bridgehead atoms. The van der Waals surface area contributed by atoms with E-state index in [0.717, 1.165) is 10.9 Å². The molecule has 0 amide bonds. The van der Waals surface area contributed by atoms with Gasteiger partial charge < -0.3 is 10.3 Å². The molecule has 0 atom stereocenters. The molecule has 1 aliphatic rings. The first-order valence-electron chi connectivity index (χ1n) is 10.0. The molecule has 0 saturated heterocycles. The zero-order valence-electron chi connectivity index (χ0n) is 17.8. The van der Waals surface area contributed by atoms with Crippen LogP contribution < -0.4 is 10.2 Å². The normalized spacial score (nSPS) is 14.6. The van der Waals surface area contributed by atoms with E-state index in [-0.39, 0.29) is 28.6 Å². The van der Waals surface area contributed by atoms with Gasteiger partial charge in [0.2, 0.25) is 0 Å². The molecule has 0 radical (unpaired) electrons. The van der Waals surface area contributed by atoms with Gasteiger partial charge in [0.05, 0.1) is 22.3 Å². The van der Waals surface area contributed by atoms with Crippen LogP contribution in [-0.4, -0.2) is 22.2 Å². The van der Waals surface area contributed by atoms with Gasteiger partial charge in [-0.05, 0) is 20.8 Å². The highest BCUT2D eigenvalue weighted by atomic mass is 19.1.